The number of rotatable bonds is 6. The largest absolute Gasteiger partial charge is 0.423 e. The third-order valence-corrected chi connectivity index (χ3v) is 8.40. The molecule has 34 heavy (non-hydrogen) atoms. The van der Waals surface area contributed by atoms with Crippen molar-refractivity contribution in [1.82, 2.24) is 0 Å². The highest BCUT2D eigenvalue weighted by Crippen LogP contribution is 2.44. The molecular weight excluding hydrogens is 447 g/mol. The SMILES string of the molecule is Cc1cc(C(=O)Oc2cccc3c2CCC3)ccc1CCC1C(=O)CSC1c1ccc(F)cc1. The second kappa shape index (κ2) is 9.75. The maximum absolute atomic E-state index is 13.3. The number of halogens is 1. The van der Waals surface area contributed by atoms with Crippen molar-refractivity contribution >= 4 is 23.5 Å². The minimum atomic E-state index is -0.339. The maximum atomic E-state index is 13.3. The van der Waals surface area contributed by atoms with Crippen molar-refractivity contribution in [3.8, 4) is 5.75 Å². The molecule has 5 rings (SSSR count). The Morgan fingerprint density at radius 2 is 1.91 bits per heavy atom. The Balaban J connectivity index is 1.26. The van der Waals surface area contributed by atoms with E-state index in [9.17, 15) is 14.0 Å². The standard InChI is InChI=1S/C29H27FO3S/c1-18-16-22(29(32)33-27-7-3-5-20-4-2-6-24(20)27)9-8-19(18)12-15-25-26(31)17-34-28(25)21-10-13-23(30)14-11-21/h3,5,7-11,13-14,16,25,28H,2,4,6,12,15,17H2,1H3. The molecule has 0 spiro atoms. The second-order valence-electron chi connectivity index (χ2n) is 9.17. The van der Waals surface area contributed by atoms with Gasteiger partial charge in [0.1, 0.15) is 17.3 Å². The van der Waals surface area contributed by atoms with Gasteiger partial charge in [0, 0.05) is 11.2 Å². The summed E-state index contributed by atoms with van der Waals surface area (Å²) in [5.74, 6) is 0.743. The van der Waals surface area contributed by atoms with Crippen LogP contribution in [-0.4, -0.2) is 17.5 Å². The number of hydrogen-bond acceptors (Lipinski definition) is 4. The third kappa shape index (κ3) is 4.67. The number of esters is 1. The van der Waals surface area contributed by atoms with Gasteiger partial charge >= 0.3 is 5.97 Å². The molecule has 2 atom stereocenters. The molecule has 1 heterocycles. The number of carbonyl (C=O) groups excluding carboxylic acids is 2. The predicted octanol–water partition coefficient (Wildman–Crippen LogP) is 6.45. The monoisotopic (exact) mass is 474 g/mol. The molecule has 0 bridgehead atoms. The van der Waals surface area contributed by atoms with Crippen LogP contribution < -0.4 is 4.74 Å². The zero-order chi connectivity index (χ0) is 23.7. The number of Topliss-reactive ketones (excluding diaryl/α,β-unsaturated/α-hetero) is 1. The smallest absolute Gasteiger partial charge is 0.343 e. The quantitative estimate of drug-likeness (QED) is 0.304. The topological polar surface area (TPSA) is 43.4 Å². The van der Waals surface area contributed by atoms with Crippen molar-refractivity contribution in [3.63, 3.8) is 0 Å². The first-order valence-electron chi connectivity index (χ1n) is 11.8. The molecule has 1 fully saturated rings. The molecule has 2 aliphatic rings. The summed E-state index contributed by atoms with van der Waals surface area (Å²) in [6.07, 6.45) is 4.57. The number of ether oxygens (including phenoxy) is 1. The summed E-state index contributed by atoms with van der Waals surface area (Å²) in [7, 11) is 0. The summed E-state index contributed by atoms with van der Waals surface area (Å²) in [5.41, 5.74) is 6.11. The van der Waals surface area contributed by atoms with Gasteiger partial charge in [-0.1, -0.05) is 30.3 Å². The van der Waals surface area contributed by atoms with E-state index in [-0.39, 0.29) is 28.7 Å². The molecule has 1 saturated heterocycles. The van der Waals surface area contributed by atoms with E-state index >= 15 is 0 Å². The molecular formula is C29H27FO3S. The van der Waals surface area contributed by atoms with E-state index in [1.807, 2.05) is 37.3 Å². The second-order valence-corrected chi connectivity index (χ2v) is 10.3. The predicted molar refractivity (Wildman–Crippen MR) is 133 cm³/mol. The number of benzene rings is 3. The number of ketones is 1. The Labute approximate surface area is 203 Å². The summed E-state index contributed by atoms with van der Waals surface area (Å²) in [6, 6.07) is 18.1. The van der Waals surface area contributed by atoms with Crippen LogP contribution in [0.15, 0.2) is 60.7 Å². The van der Waals surface area contributed by atoms with Crippen LogP contribution in [0.25, 0.3) is 0 Å². The summed E-state index contributed by atoms with van der Waals surface area (Å²) in [4.78, 5) is 25.4. The lowest BCUT2D eigenvalue weighted by Crippen LogP contribution is -2.16. The number of hydrogen-bond donors (Lipinski definition) is 0. The zero-order valence-electron chi connectivity index (χ0n) is 19.2. The van der Waals surface area contributed by atoms with Gasteiger partial charge in [0.05, 0.1) is 11.3 Å². The highest BCUT2D eigenvalue weighted by atomic mass is 32.2. The van der Waals surface area contributed by atoms with Crippen molar-refractivity contribution < 1.29 is 18.7 Å². The lowest BCUT2D eigenvalue weighted by molar-refractivity contribution is -0.119. The number of aryl methyl sites for hydroxylation is 3. The molecule has 1 aliphatic carbocycles. The fraction of sp³-hybridized carbons (Fsp3) is 0.310. The van der Waals surface area contributed by atoms with Crippen molar-refractivity contribution in [2.45, 2.75) is 44.3 Å². The maximum Gasteiger partial charge on any atom is 0.343 e. The minimum Gasteiger partial charge on any atom is -0.423 e. The molecule has 0 saturated carbocycles. The van der Waals surface area contributed by atoms with E-state index in [1.165, 1.54) is 17.7 Å². The minimum absolute atomic E-state index is 0.0651. The van der Waals surface area contributed by atoms with Gasteiger partial charge in [-0.05, 0) is 97.2 Å². The molecule has 5 heteroatoms. The summed E-state index contributed by atoms with van der Waals surface area (Å²) in [5, 5.41) is 0.0651. The molecule has 3 aromatic rings. The lowest BCUT2D eigenvalue weighted by Gasteiger charge is -2.18. The first kappa shape index (κ1) is 22.9. The fourth-order valence-corrected chi connectivity index (χ4v) is 6.54. The average molecular weight is 475 g/mol. The molecule has 0 N–H and O–H groups in total. The molecule has 0 amide bonds. The summed E-state index contributed by atoms with van der Waals surface area (Å²) in [6.45, 7) is 2.00. The van der Waals surface area contributed by atoms with Crippen molar-refractivity contribution in [1.29, 1.82) is 0 Å². The highest BCUT2D eigenvalue weighted by Gasteiger charge is 2.36. The number of carbonyl (C=O) groups is 2. The van der Waals surface area contributed by atoms with Gasteiger partial charge in [-0.25, -0.2) is 9.18 Å². The zero-order valence-corrected chi connectivity index (χ0v) is 20.0. The molecule has 174 valence electrons. The Morgan fingerprint density at radius 1 is 1.09 bits per heavy atom. The van der Waals surface area contributed by atoms with E-state index in [1.54, 1.807) is 23.9 Å². The molecule has 1 aliphatic heterocycles. The normalized spacial score (nSPS) is 19.3. The van der Waals surface area contributed by atoms with Gasteiger partial charge in [-0.3, -0.25) is 4.79 Å². The Bertz CT molecular complexity index is 1230. The van der Waals surface area contributed by atoms with Gasteiger partial charge in [0.2, 0.25) is 0 Å². The van der Waals surface area contributed by atoms with Crippen LogP contribution in [0.5, 0.6) is 5.75 Å². The van der Waals surface area contributed by atoms with Crippen molar-refractivity contribution in [3.05, 3.63) is 99.9 Å². The average Bonchev–Trinajstić information content (AvgIpc) is 3.46. The lowest BCUT2D eigenvalue weighted by atomic mass is 9.89. The van der Waals surface area contributed by atoms with Crippen molar-refractivity contribution in [2.24, 2.45) is 5.92 Å². The van der Waals surface area contributed by atoms with Gasteiger partial charge in [0.15, 0.2) is 0 Å². The van der Waals surface area contributed by atoms with E-state index in [2.05, 4.69) is 6.07 Å². The van der Waals surface area contributed by atoms with Crippen LogP contribution >= 0.6 is 11.8 Å². The van der Waals surface area contributed by atoms with Gasteiger partial charge in [-0.15, -0.1) is 11.8 Å². The van der Waals surface area contributed by atoms with E-state index in [0.717, 1.165) is 54.4 Å². The van der Waals surface area contributed by atoms with Gasteiger partial charge in [0.25, 0.3) is 0 Å². The highest BCUT2D eigenvalue weighted by molar-refractivity contribution is 8.00. The van der Waals surface area contributed by atoms with Crippen LogP contribution in [0.1, 0.15) is 56.3 Å². The Morgan fingerprint density at radius 3 is 2.71 bits per heavy atom. The van der Waals surface area contributed by atoms with Gasteiger partial charge < -0.3 is 4.74 Å². The van der Waals surface area contributed by atoms with Crippen LogP contribution in [0.2, 0.25) is 0 Å². The third-order valence-electron chi connectivity index (χ3n) is 6.99. The number of thioether (sulfide) groups is 1. The first-order chi connectivity index (χ1) is 16.5. The Kier molecular flexibility index (Phi) is 6.55. The van der Waals surface area contributed by atoms with Crippen LogP contribution in [-0.2, 0) is 24.1 Å². The van der Waals surface area contributed by atoms with Crippen LogP contribution in [0, 0.1) is 18.7 Å². The Hall–Kier alpha value is -2.92. The summed E-state index contributed by atoms with van der Waals surface area (Å²) < 4.78 is 19.1. The van der Waals surface area contributed by atoms with E-state index < -0.39 is 0 Å². The molecule has 2 unspecified atom stereocenters. The number of fused-ring (bicyclic) bond motifs is 1. The molecule has 3 aromatic carbocycles. The van der Waals surface area contributed by atoms with E-state index in [0.29, 0.717) is 17.1 Å². The van der Waals surface area contributed by atoms with Crippen LogP contribution in [0.3, 0.4) is 0 Å². The molecule has 0 aromatic heterocycles. The summed E-state index contributed by atoms with van der Waals surface area (Å²) >= 11 is 1.64. The van der Waals surface area contributed by atoms with E-state index in [4.69, 9.17) is 4.74 Å². The fourth-order valence-electron chi connectivity index (χ4n) is 5.11. The first-order valence-corrected chi connectivity index (χ1v) is 12.9. The van der Waals surface area contributed by atoms with Crippen LogP contribution in [0.4, 0.5) is 4.39 Å². The molecule has 3 nitrogen and oxygen atoms in total. The molecule has 0 radical (unpaired) electrons. The van der Waals surface area contributed by atoms with Gasteiger partial charge in [-0.2, -0.15) is 0 Å². The van der Waals surface area contributed by atoms with Crippen molar-refractivity contribution in [2.75, 3.05) is 5.75 Å².